The van der Waals surface area contributed by atoms with E-state index in [1.807, 2.05) is 6.92 Å². The summed E-state index contributed by atoms with van der Waals surface area (Å²) in [6, 6.07) is 0. The average Bonchev–Trinajstić information content (AvgIpc) is 2.64. The van der Waals surface area contributed by atoms with Gasteiger partial charge in [0.1, 0.15) is 0 Å². The van der Waals surface area contributed by atoms with Gasteiger partial charge in [-0.15, -0.1) is 0 Å². The number of Topliss-reactive ketones (excluding diaryl/α,β-unsaturated/α-hetero) is 1. The smallest absolute Gasteiger partial charge is 0.159 e. The first kappa shape index (κ1) is 8.66. The third kappa shape index (κ3) is 0.876. The summed E-state index contributed by atoms with van der Waals surface area (Å²) in [7, 11) is 0. The Balaban J connectivity index is 2.07. The minimum absolute atomic E-state index is 0.318. The van der Waals surface area contributed by atoms with Crippen molar-refractivity contribution >= 4 is 5.78 Å². The van der Waals surface area contributed by atoms with Crippen LogP contribution in [0.15, 0.2) is 11.1 Å². The number of ketones is 1. The van der Waals surface area contributed by atoms with Gasteiger partial charge < -0.3 is 5.11 Å². The lowest BCUT2D eigenvalue weighted by atomic mass is 9.91. The number of rotatable bonds is 0. The number of carbonyl (C=O) groups is 1. The molecule has 2 fully saturated rings. The van der Waals surface area contributed by atoms with Crippen LogP contribution in [0.5, 0.6) is 0 Å². The number of allylic oxidation sites excluding steroid dienone is 1. The zero-order chi connectivity index (χ0) is 9.92. The molecule has 0 bridgehead atoms. The van der Waals surface area contributed by atoms with Crippen LogP contribution in [0.3, 0.4) is 0 Å². The van der Waals surface area contributed by atoms with Crippen LogP contribution in [0.4, 0.5) is 0 Å². The monoisotopic (exact) mass is 192 g/mol. The van der Waals surface area contributed by atoms with E-state index in [-0.39, 0.29) is 0 Å². The predicted octanol–water partition coefficient (Wildman–Crippen LogP) is 1.83. The summed E-state index contributed by atoms with van der Waals surface area (Å²) in [5.41, 5.74) is 1.84. The third-order valence-corrected chi connectivity index (χ3v) is 4.45. The van der Waals surface area contributed by atoms with E-state index in [4.69, 9.17) is 0 Å². The topological polar surface area (TPSA) is 37.3 Å². The van der Waals surface area contributed by atoms with Crippen LogP contribution in [-0.2, 0) is 4.79 Å². The molecule has 2 saturated carbocycles. The quantitative estimate of drug-likeness (QED) is 0.635. The van der Waals surface area contributed by atoms with Gasteiger partial charge >= 0.3 is 0 Å². The molecule has 0 aromatic carbocycles. The second-order valence-corrected chi connectivity index (χ2v) is 5.16. The van der Waals surface area contributed by atoms with Crippen molar-refractivity contribution in [1.29, 1.82) is 0 Å². The fourth-order valence-electron chi connectivity index (χ4n) is 3.85. The molecule has 0 saturated heterocycles. The van der Waals surface area contributed by atoms with Gasteiger partial charge in [0.2, 0.25) is 0 Å². The summed E-state index contributed by atoms with van der Waals surface area (Å²) in [5, 5.41) is 10.4. The largest absolute Gasteiger partial charge is 0.389 e. The van der Waals surface area contributed by atoms with Crippen LogP contribution >= 0.6 is 0 Å². The van der Waals surface area contributed by atoms with Gasteiger partial charge in [0, 0.05) is 12.3 Å². The molecule has 1 N–H and O–H groups in total. The molecule has 0 radical (unpaired) electrons. The van der Waals surface area contributed by atoms with Crippen LogP contribution in [0.1, 0.15) is 39.0 Å². The van der Waals surface area contributed by atoms with E-state index in [1.165, 1.54) is 5.57 Å². The van der Waals surface area contributed by atoms with Crippen molar-refractivity contribution < 1.29 is 9.90 Å². The molecule has 3 aliphatic carbocycles. The molecule has 3 aliphatic rings. The first-order chi connectivity index (χ1) is 6.62. The minimum atomic E-state index is -0.442. The Morgan fingerprint density at radius 1 is 1.50 bits per heavy atom. The lowest BCUT2D eigenvalue weighted by molar-refractivity contribution is -0.115. The highest BCUT2D eigenvalue weighted by Gasteiger charge is 2.54. The van der Waals surface area contributed by atoms with E-state index in [0.29, 0.717) is 24.0 Å². The van der Waals surface area contributed by atoms with Gasteiger partial charge in [0.05, 0.1) is 5.60 Å². The van der Waals surface area contributed by atoms with E-state index in [9.17, 15) is 9.90 Å². The third-order valence-electron chi connectivity index (χ3n) is 4.45. The summed E-state index contributed by atoms with van der Waals surface area (Å²) in [6.07, 6.45) is 4.67. The maximum absolute atomic E-state index is 11.5. The lowest BCUT2D eigenvalue weighted by Crippen LogP contribution is -2.28. The van der Waals surface area contributed by atoms with Crippen molar-refractivity contribution in [1.82, 2.24) is 0 Å². The number of carbonyl (C=O) groups excluding carboxylic acids is 1. The molecular formula is C12H16O2. The molecular weight excluding hydrogens is 176 g/mol. The summed E-state index contributed by atoms with van der Waals surface area (Å²) in [5.74, 6) is 1.02. The predicted molar refractivity (Wildman–Crippen MR) is 52.7 cm³/mol. The standard InChI is InChI=1S/C12H16O2/c1-7-10(13)5-8-6-12(14)4-2-3-9(12)11(7)8/h8-9,14H,2-6H2,1H3/t8-,9+,12+/m0/s1. The van der Waals surface area contributed by atoms with Gasteiger partial charge in [0.25, 0.3) is 0 Å². The molecule has 3 rings (SSSR count). The van der Waals surface area contributed by atoms with Crippen LogP contribution in [0.25, 0.3) is 0 Å². The molecule has 0 spiro atoms. The maximum atomic E-state index is 11.5. The number of fused-ring (bicyclic) bond motifs is 3. The van der Waals surface area contributed by atoms with Crippen molar-refractivity contribution in [2.45, 2.75) is 44.6 Å². The highest BCUT2D eigenvalue weighted by molar-refractivity contribution is 5.99. The second-order valence-electron chi connectivity index (χ2n) is 5.16. The molecule has 0 unspecified atom stereocenters. The zero-order valence-corrected chi connectivity index (χ0v) is 8.55. The summed E-state index contributed by atoms with van der Waals surface area (Å²) >= 11 is 0. The fraction of sp³-hybridized carbons (Fsp3) is 0.750. The molecule has 14 heavy (non-hydrogen) atoms. The highest BCUT2D eigenvalue weighted by atomic mass is 16.3. The van der Waals surface area contributed by atoms with Crippen molar-refractivity contribution in [3.8, 4) is 0 Å². The van der Waals surface area contributed by atoms with Gasteiger partial charge in [-0.05, 0) is 44.1 Å². The molecule has 2 heteroatoms. The Hall–Kier alpha value is -0.630. The molecule has 0 amide bonds. The van der Waals surface area contributed by atoms with Gasteiger partial charge in [-0.1, -0.05) is 5.57 Å². The Morgan fingerprint density at radius 3 is 3.07 bits per heavy atom. The number of aliphatic hydroxyl groups is 1. The second kappa shape index (κ2) is 2.48. The van der Waals surface area contributed by atoms with Gasteiger partial charge in [-0.2, -0.15) is 0 Å². The van der Waals surface area contributed by atoms with E-state index >= 15 is 0 Å². The molecule has 76 valence electrons. The van der Waals surface area contributed by atoms with Gasteiger partial charge in [0.15, 0.2) is 5.78 Å². The minimum Gasteiger partial charge on any atom is -0.389 e. The Morgan fingerprint density at radius 2 is 2.29 bits per heavy atom. The molecule has 3 atom stereocenters. The van der Waals surface area contributed by atoms with E-state index in [0.717, 1.165) is 31.3 Å². The number of hydrogen-bond acceptors (Lipinski definition) is 2. The summed E-state index contributed by atoms with van der Waals surface area (Å²) in [6.45, 7) is 1.95. The maximum Gasteiger partial charge on any atom is 0.159 e. The summed E-state index contributed by atoms with van der Waals surface area (Å²) in [4.78, 5) is 11.5. The van der Waals surface area contributed by atoms with Crippen LogP contribution in [0.2, 0.25) is 0 Å². The Labute approximate surface area is 84.0 Å². The first-order valence-corrected chi connectivity index (χ1v) is 5.58. The molecule has 0 heterocycles. The molecule has 0 aromatic heterocycles. The van der Waals surface area contributed by atoms with E-state index in [2.05, 4.69) is 0 Å². The van der Waals surface area contributed by atoms with E-state index in [1.54, 1.807) is 0 Å². The van der Waals surface area contributed by atoms with Crippen LogP contribution in [-0.4, -0.2) is 16.5 Å². The molecule has 0 aromatic rings. The Bertz CT molecular complexity index is 342. The number of hydrogen-bond donors (Lipinski definition) is 1. The molecule has 2 nitrogen and oxygen atoms in total. The van der Waals surface area contributed by atoms with Crippen molar-refractivity contribution in [2.24, 2.45) is 11.8 Å². The Kier molecular flexibility index (Phi) is 1.54. The van der Waals surface area contributed by atoms with Crippen molar-refractivity contribution in [3.05, 3.63) is 11.1 Å². The molecule has 0 aliphatic heterocycles. The SMILES string of the molecule is CC1=C2[C@@H](CC1=O)C[C@]1(O)CCC[C@H]21. The average molecular weight is 192 g/mol. The van der Waals surface area contributed by atoms with Gasteiger partial charge in [-0.25, -0.2) is 0 Å². The highest BCUT2D eigenvalue weighted by Crippen LogP contribution is 2.57. The summed E-state index contributed by atoms with van der Waals surface area (Å²) < 4.78 is 0. The lowest BCUT2D eigenvalue weighted by Gasteiger charge is -2.22. The van der Waals surface area contributed by atoms with E-state index < -0.39 is 5.60 Å². The fourth-order valence-corrected chi connectivity index (χ4v) is 3.85. The van der Waals surface area contributed by atoms with Crippen LogP contribution < -0.4 is 0 Å². The first-order valence-electron chi connectivity index (χ1n) is 5.58. The van der Waals surface area contributed by atoms with Crippen molar-refractivity contribution in [2.75, 3.05) is 0 Å². The normalized spacial score (nSPS) is 46.0. The van der Waals surface area contributed by atoms with Gasteiger partial charge in [-0.3, -0.25) is 4.79 Å². The zero-order valence-electron chi connectivity index (χ0n) is 8.55. The van der Waals surface area contributed by atoms with Crippen molar-refractivity contribution in [3.63, 3.8) is 0 Å². The van der Waals surface area contributed by atoms with Crippen LogP contribution in [0, 0.1) is 11.8 Å².